The molecule has 1 fully saturated rings. The summed E-state index contributed by atoms with van der Waals surface area (Å²) < 4.78 is 39.3. The van der Waals surface area contributed by atoms with Gasteiger partial charge in [-0.05, 0) is 25.0 Å². The van der Waals surface area contributed by atoms with Gasteiger partial charge in [-0.25, -0.2) is 0 Å². The topological polar surface area (TPSA) is 3.24 Å². The number of alkyl halides is 4. The summed E-state index contributed by atoms with van der Waals surface area (Å²) in [7, 11) is 0. The summed E-state index contributed by atoms with van der Waals surface area (Å²) in [5.41, 5.74) is -0.204. The first kappa shape index (κ1) is 14.7. The normalized spacial score (nSPS) is 16.8. The Hall–Kier alpha value is -0.710. The monoisotopic (exact) mass is 335 g/mol. The second kappa shape index (κ2) is 6.16. The Balaban J connectivity index is 2.35. The number of para-hydroxylation sites is 1. The highest BCUT2D eigenvalue weighted by molar-refractivity contribution is 9.09. The van der Waals surface area contributed by atoms with Crippen LogP contribution in [0, 0.1) is 0 Å². The number of anilines is 1. The van der Waals surface area contributed by atoms with Crippen LogP contribution in [0.2, 0.25) is 0 Å². The van der Waals surface area contributed by atoms with Crippen LogP contribution in [0.4, 0.5) is 18.9 Å². The van der Waals surface area contributed by atoms with Crippen molar-refractivity contribution in [2.45, 2.75) is 37.9 Å². The van der Waals surface area contributed by atoms with Crippen molar-refractivity contribution in [3.63, 3.8) is 0 Å². The maximum atomic E-state index is 13.1. The number of hydrogen-bond donors (Lipinski definition) is 0. The molecule has 0 heterocycles. The van der Waals surface area contributed by atoms with E-state index in [1.54, 1.807) is 12.1 Å². The molecular weight excluding hydrogens is 319 g/mol. The van der Waals surface area contributed by atoms with E-state index < -0.39 is 11.7 Å². The van der Waals surface area contributed by atoms with Gasteiger partial charge in [-0.1, -0.05) is 40.9 Å². The van der Waals surface area contributed by atoms with Gasteiger partial charge in [0, 0.05) is 23.6 Å². The molecule has 0 unspecified atom stereocenters. The minimum absolute atomic E-state index is 0.237. The van der Waals surface area contributed by atoms with Crippen molar-refractivity contribution in [3.05, 3.63) is 29.8 Å². The molecule has 1 aromatic carbocycles. The number of benzene rings is 1. The van der Waals surface area contributed by atoms with Gasteiger partial charge in [0.2, 0.25) is 0 Å². The Kier molecular flexibility index (Phi) is 4.76. The lowest BCUT2D eigenvalue weighted by Crippen LogP contribution is -2.36. The molecular formula is C14H17BrF3N. The predicted molar refractivity (Wildman–Crippen MR) is 74.8 cm³/mol. The quantitative estimate of drug-likeness (QED) is 0.711. The molecule has 0 radical (unpaired) electrons. The standard InChI is InChI=1S/C14H17BrF3N/c15-9-10-19(11-5-1-2-6-11)13-8-4-3-7-12(13)14(16,17)18/h3-4,7-8,11H,1-2,5-6,9-10H2. The summed E-state index contributed by atoms with van der Waals surface area (Å²) in [5, 5.41) is 0.676. The van der Waals surface area contributed by atoms with Crippen LogP contribution in [0.3, 0.4) is 0 Å². The molecule has 0 saturated heterocycles. The fourth-order valence-electron chi connectivity index (χ4n) is 2.77. The zero-order valence-corrected chi connectivity index (χ0v) is 12.2. The van der Waals surface area contributed by atoms with Crippen molar-refractivity contribution in [3.8, 4) is 0 Å². The molecule has 1 aliphatic rings. The molecule has 0 aliphatic heterocycles. The average molecular weight is 336 g/mol. The van der Waals surface area contributed by atoms with Gasteiger partial charge in [-0.15, -0.1) is 0 Å². The predicted octanol–water partition coefficient (Wildman–Crippen LogP) is 4.85. The molecule has 0 amide bonds. The first-order chi connectivity index (χ1) is 9.04. The Labute approximate surface area is 119 Å². The number of rotatable bonds is 4. The minimum Gasteiger partial charge on any atom is -0.367 e. The van der Waals surface area contributed by atoms with Crippen LogP contribution in [0.5, 0.6) is 0 Å². The first-order valence-electron chi connectivity index (χ1n) is 6.53. The van der Waals surface area contributed by atoms with Crippen molar-refractivity contribution in [2.75, 3.05) is 16.8 Å². The highest BCUT2D eigenvalue weighted by Gasteiger charge is 2.36. The third kappa shape index (κ3) is 3.44. The van der Waals surface area contributed by atoms with Gasteiger partial charge in [0.25, 0.3) is 0 Å². The molecule has 2 rings (SSSR count). The van der Waals surface area contributed by atoms with E-state index in [9.17, 15) is 13.2 Å². The molecule has 1 saturated carbocycles. The SMILES string of the molecule is FC(F)(F)c1ccccc1N(CCBr)C1CCCC1. The van der Waals surface area contributed by atoms with Crippen LogP contribution >= 0.6 is 15.9 Å². The van der Waals surface area contributed by atoms with Gasteiger partial charge < -0.3 is 4.90 Å². The third-order valence-corrected chi connectivity index (χ3v) is 3.96. The van der Waals surface area contributed by atoms with Crippen LogP contribution in [0.25, 0.3) is 0 Å². The van der Waals surface area contributed by atoms with E-state index in [1.807, 2.05) is 4.90 Å². The number of halogens is 4. The van der Waals surface area contributed by atoms with Crippen molar-refractivity contribution < 1.29 is 13.2 Å². The van der Waals surface area contributed by atoms with E-state index in [2.05, 4.69) is 15.9 Å². The van der Waals surface area contributed by atoms with E-state index in [0.29, 0.717) is 17.6 Å². The average Bonchev–Trinajstić information content (AvgIpc) is 2.88. The smallest absolute Gasteiger partial charge is 0.367 e. The maximum absolute atomic E-state index is 13.1. The van der Waals surface area contributed by atoms with E-state index in [4.69, 9.17) is 0 Å². The van der Waals surface area contributed by atoms with E-state index in [0.717, 1.165) is 25.7 Å². The molecule has 0 N–H and O–H groups in total. The fourth-order valence-corrected chi connectivity index (χ4v) is 3.15. The summed E-state index contributed by atoms with van der Waals surface area (Å²) in [5.74, 6) is 0. The minimum atomic E-state index is -4.29. The molecule has 0 spiro atoms. The van der Waals surface area contributed by atoms with Crippen molar-refractivity contribution >= 4 is 21.6 Å². The van der Waals surface area contributed by atoms with Crippen molar-refractivity contribution in [2.24, 2.45) is 0 Å². The second-order valence-electron chi connectivity index (χ2n) is 4.84. The summed E-state index contributed by atoms with van der Waals surface area (Å²) in [4.78, 5) is 1.92. The molecule has 5 heteroatoms. The van der Waals surface area contributed by atoms with Crippen molar-refractivity contribution in [1.82, 2.24) is 0 Å². The number of nitrogens with zero attached hydrogens (tertiary/aromatic N) is 1. The van der Waals surface area contributed by atoms with Gasteiger partial charge in [0.1, 0.15) is 0 Å². The highest BCUT2D eigenvalue weighted by atomic mass is 79.9. The van der Waals surface area contributed by atoms with Crippen LogP contribution in [0.1, 0.15) is 31.2 Å². The summed E-state index contributed by atoms with van der Waals surface area (Å²) in [6.45, 7) is 0.609. The largest absolute Gasteiger partial charge is 0.418 e. The van der Waals surface area contributed by atoms with Gasteiger partial charge in [-0.3, -0.25) is 0 Å². The lowest BCUT2D eigenvalue weighted by Gasteiger charge is -2.32. The molecule has 19 heavy (non-hydrogen) atoms. The Morgan fingerprint density at radius 2 is 1.79 bits per heavy atom. The summed E-state index contributed by atoms with van der Waals surface area (Å²) in [6, 6.07) is 6.13. The zero-order chi connectivity index (χ0) is 13.9. The van der Waals surface area contributed by atoms with Crippen LogP contribution in [-0.4, -0.2) is 17.9 Å². The molecule has 0 atom stereocenters. The summed E-state index contributed by atoms with van der Waals surface area (Å²) >= 11 is 3.35. The lowest BCUT2D eigenvalue weighted by atomic mass is 10.1. The molecule has 1 nitrogen and oxygen atoms in total. The van der Waals surface area contributed by atoms with Crippen LogP contribution in [0.15, 0.2) is 24.3 Å². The Morgan fingerprint density at radius 1 is 1.16 bits per heavy atom. The molecule has 106 valence electrons. The molecule has 1 aliphatic carbocycles. The van der Waals surface area contributed by atoms with Gasteiger partial charge in [-0.2, -0.15) is 13.2 Å². The Morgan fingerprint density at radius 3 is 2.37 bits per heavy atom. The van der Waals surface area contributed by atoms with Crippen LogP contribution in [-0.2, 0) is 6.18 Å². The van der Waals surface area contributed by atoms with Crippen LogP contribution < -0.4 is 4.90 Å². The maximum Gasteiger partial charge on any atom is 0.418 e. The second-order valence-corrected chi connectivity index (χ2v) is 5.63. The van der Waals surface area contributed by atoms with E-state index >= 15 is 0 Å². The van der Waals surface area contributed by atoms with Gasteiger partial charge >= 0.3 is 6.18 Å². The van der Waals surface area contributed by atoms with E-state index in [1.165, 1.54) is 12.1 Å². The third-order valence-electron chi connectivity index (χ3n) is 3.61. The summed E-state index contributed by atoms with van der Waals surface area (Å²) in [6.07, 6.45) is -0.104. The number of hydrogen-bond acceptors (Lipinski definition) is 1. The molecule has 0 bridgehead atoms. The fraction of sp³-hybridized carbons (Fsp3) is 0.571. The van der Waals surface area contributed by atoms with Crippen molar-refractivity contribution in [1.29, 1.82) is 0 Å². The van der Waals surface area contributed by atoms with Gasteiger partial charge in [0.05, 0.1) is 5.56 Å². The highest BCUT2D eigenvalue weighted by Crippen LogP contribution is 2.39. The molecule has 1 aromatic rings. The zero-order valence-electron chi connectivity index (χ0n) is 10.6. The van der Waals surface area contributed by atoms with Gasteiger partial charge in [0.15, 0.2) is 0 Å². The van der Waals surface area contributed by atoms with E-state index in [-0.39, 0.29) is 6.04 Å². The lowest BCUT2D eigenvalue weighted by molar-refractivity contribution is -0.137. The first-order valence-corrected chi connectivity index (χ1v) is 7.65. The Bertz CT molecular complexity index is 413. The molecule has 0 aromatic heterocycles.